The second-order valence-corrected chi connectivity index (χ2v) is 7.10. The van der Waals surface area contributed by atoms with Crippen molar-refractivity contribution in [2.24, 2.45) is 11.1 Å². The summed E-state index contributed by atoms with van der Waals surface area (Å²) < 4.78 is 4.90. The van der Waals surface area contributed by atoms with Crippen LogP contribution in [0.2, 0.25) is 0 Å². The first-order valence-corrected chi connectivity index (χ1v) is 8.04. The third-order valence-corrected chi connectivity index (χ3v) is 5.73. The molecule has 2 rings (SSSR count). The quantitative estimate of drug-likeness (QED) is 0.807. The number of esters is 1. The maximum Gasteiger partial charge on any atom is 0.325 e. The zero-order chi connectivity index (χ0) is 14.8. The molecule has 0 aromatic carbocycles. The van der Waals surface area contributed by atoms with Crippen LogP contribution in [-0.4, -0.2) is 42.6 Å². The molecule has 2 aliphatic rings. The second-order valence-electron chi connectivity index (χ2n) is 7.10. The summed E-state index contributed by atoms with van der Waals surface area (Å²) in [5.41, 5.74) is 6.03. The van der Waals surface area contributed by atoms with Gasteiger partial charge in [-0.3, -0.25) is 4.79 Å². The SMILES string of the molecule is CCC1(C)CCN(C2CCCC(N)(C(=O)OC)C2)CC1. The van der Waals surface area contributed by atoms with Crippen LogP contribution in [0, 0.1) is 5.41 Å². The summed E-state index contributed by atoms with van der Waals surface area (Å²) in [6.07, 6.45) is 7.48. The number of carbonyl (C=O) groups excluding carboxylic acids is 1. The third-order valence-electron chi connectivity index (χ3n) is 5.73. The standard InChI is InChI=1S/C16H30N2O2/c1-4-15(2)8-10-18(11-9-15)13-6-5-7-16(17,12-13)14(19)20-3/h13H,4-12,17H2,1-3H3. The van der Waals surface area contributed by atoms with E-state index < -0.39 is 5.54 Å². The van der Waals surface area contributed by atoms with Crippen LogP contribution >= 0.6 is 0 Å². The van der Waals surface area contributed by atoms with E-state index in [1.165, 1.54) is 32.8 Å². The van der Waals surface area contributed by atoms with Gasteiger partial charge in [0.2, 0.25) is 0 Å². The van der Waals surface area contributed by atoms with Gasteiger partial charge in [0.05, 0.1) is 7.11 Å². The van der Waals surface area contributed by atoms with Crippen molar-refractivity contribution >= 4 is 5.97 Å². The Kier molecular flexibility index (Phi) is 4.75. The summed E-state index contributed by atoms with van der Waals surface area (Å²) in [4.78, 5) is 14.5. The van der Waals surface area contributed by atoms with Gasteiger partial charge in [-0.15, -0.1) is 0 Å². The number of likely N-dealkylation sites (tertiary alicyclic amines) is 1. The normalized spacial score (nSPS) is 34.7. The minimum atomic E-state index is -0.761. The molecule has 2 fully saturated rings. The molecule has 20 heavy (non-hydrogen) atoms. The molecule has 2 unspecified atom stereocenters. The van der Waals surface area contributed by atoms with E-state index in [1.807, 2.05) is 0 Å². The zero-order valence-corrected chi connectivity index (χ0v) is 13.3. The number of ether oxygens (including phenoxy) is 1. The number of rotatable bonds is 3. The molecule has 0 radical (unpaired) electrons. The van der Waals surface area contributed by atoms with Crippen molar-refractivity contribution in [2.75, 3.05) is 20.2 Å². The van der Waals surface area contributed by atoms with Crippen molar-refractivity contribution in [1.29, 1.82) is 0 Å². The monoisotopic (exact) mass is 282 g/mol. The summed E-state index contributed by atoms with van der Waals surface area (Å²) in [5, 5.41) is 0. The van der Waals surface area contributed by atoms with Gasteiger partial charge in [0.15, 0.2) is 0 Å². The molecule has 0 aromatic heterocycles. The van der Waals surface area contributed by atoms with E-state index in [9.17, 15) is 4.79 Å². The molecule has 0 aromatic rings. The van der Waals surface area contributed by atoms with E-state index in [-0.39, 0.29) is 5.97 Å². The fraction of sp³-hybridized carbons (Fsp3) is 0.938. The number of carbonyl (C=O) groups is 1. The molecule has 1 saturated carbocycles. The van der Waals surface area contributed by atoms with Gasteiger partial charge in [0.25, 0.3) is 0 Å². The van der Waals surface area contributed by atoms with Gasteiger partial charge in [-0.1, -0.05) is 20.3 Å². The molecular formula is C16H30N2O2. The van der Waals surface area contributed by atoms with E-state index in [0.717, 1.165) is 32.4 Å². The summed E-state index contributed by atoms with van der Waals surface area (Å²) in [6, 6.07) is 0.453. The summed E-state index contributed by atoms with van der Waals surface area (Å²) in [7, 11) is 1.44. The van der Waals surface area contributed by atoms with E-state index in [1.54, 1.807) is 0 Å². The molecule has 1 heterocycles. The zero-order valence-electron chi connectivity index (χ0n) is 13.3. The number of methoxy groups -OCH3 is 1. The van der Waals surface area contributed by atoms with Crippen LogP contribution in [0.1, 0.15) is 58.8 Å². The second kappa shape index (κ2) is 6.02. The average molecular weight is 282 g/mol. The molecule has 116 valence electrons. The van der Waals surface area contributed by atoms with Crippen LogP contribution in [0.4, 0.5) is 0 Å². The van der Waals surface area contributed by atoms with Crippen LogP contribution in [0.25, 0.3) is 0 Å². The van der Waals surface area contributed by atoms with Gasteiger partial charge >= 0.3 is 5.97 Å². The van der Waals surface area contributed by atoms with Gasteiger partial charge in [0.1, 0.15) is 5.54 Å². The molecule has 0 bridgehead atoms. The van der Waals surface area contributed by atoms with Crippen molar-refractivity contribution < 1.29 is 9.53 Å². The van der Waals surface area contributed by atoms with Gasteiger partial charge < -0.3 is 15.4 Å². The number of piperidine rings is 1. The van der Waals surface area contributed by atoms with E-state index in [4.69, 9.17) is 10.5 Å². The molecule has 1 saturated heterocycles. The Balaban J connectivity index is 1.95. The average Bonchev–Trinajstić information content (AvgIpc) is 2.47. The van der Waals surface area contributed by atoms with Crippen LogP contribution in [0.15, 0.2) is 0 Å². The predicted octanol–water partition coefficient (Wildman–Crippen LogP) is 2.31. The third kappa shape index (κ3) is 3.17. The molecule has 2 N–H and O–H groups in total. The lowest BCUT2D eigenvalue weighted by atomic mass is 9.75. The molecule has 4 heteroatoms. The Morgan fingerprint density at radius 3 is 2.55 bits per heavy atom. The smallest absolute Gasteiger partial charge is 0.325 e. The molecule has 2 atom stereocenters. The first-order valence-electron chi connectivity index (χ1n) is 8.04. The fourth-order valence-corrected chi connectivity index (χ4v) is 3.76. The number of nitrogens with two attached hydrogens (primary N) is 1. The number of nitrogens with zero attached hydrogens (tertiary/aromatic N) is 1. The van der Waals surface area contributed by atoms with Crippen molar-refractivity contribution in [3.05, 3.63) is 0 Å². The van der Waals surface area contributed by atoms with Gasteiger partial charge in [-0.2, -0.15) is 0 Å². The van der Waals surface area contributed by atoms with Crippen molar-refractivity contribution in [3.8, 4) is 0 Å². The highest BCUT2D eigenvalue weighted by molar-refractivity contribution is 5.80. The van der Waals surface area contributed by atoms with E-state index >= 15 is 0 Å². The minimum absolute atomic E-state index is 0.238. The van der Waals surface area contributed by atoms with Gasteiger partial charge in [-0.05, 0) is 57.0 Å². The Morgan fingerprint density at radius 1 is 1.35 bits per heavy atom. The lowest BCUT2D eigenvalue weighted by Gasteiger charge is -2.46. The van der Waals surface area contributed by atoms with Crippen LogP contribution < -0.4 is 5.73 Å². The fourth-order valence-electron chi connectivity index (χ4n) is 3.76. The van der Waals surface area contributed by atoms with Crippen LogP contribution in [-0.2, 0) is 9.53 Å². The number of hydrogen-bond donors (Lipinski definition) is 1. The summed E-state index contributed by atoms with van der Waals surface area (Å²) in [5.74, 6) is -0.238. The molecular weight excluding hydrogens is 252 g/mol. The molecule has 0 spiro atoms. The highest BCUT2D eigenvalue weighted by Crippen LogP contribution is 2.37. The summed E-state index contributed by atoms with van der Waals surface area (Å²) in [6.45, 7) is 6.98. The molecule has 4 nitrogen and oxygen atoms in total. The van der Waals surface area contributed by atoms with Crippen molar-refractivity contribution in [1.82, 2.24) is 4.90 Å². The molecule has 1 aliphatic heterocycles. The van der Waals surface area contributed by atoms with Crippen molar-refractivity contribution in [2.45, 2.75) is 70.4 Å². The Labute approximate surface area is 123 Å². The highest BCUT2D eigenvalue weighted by atomic mass is 16.5. The first kappa shape index (κ1) is 15.8. The Morgan fingerprint density at radius 2 is 2.00 bits per heavy atom. The minimum Gasteiger partial charge on any atom is -0.468 e. The maximum atomic E-state index is 11.9. The largest absolute Gasteiger partial charge is 0.468 e. The Hall–Kier alpha value is -0.610. The van der Waals surface area contributed by atoms with Crippen molar-refractivity contribution in [3.63, 3.8) is 0 Å². The summed E-state index contributed by atoms with van der Waals surface area (Å²) >= 11 is 0. The number of hydrogen-bond acceptors (Lipinski definition) is 4. The van der Waals surface area contributed by atoms with E-state index in [2.05, 4.69) is 18.7 Å². The first-order chi connectivity index (χ1) is 9.42. The van der Waals surface area contributed by atoms with Crippen LogP contribution in [0.5, 0.6) is 0 Å². The van der Waals surface area contributed by atoms with Gasteiger partial charge in [0, 0.05) is 6.04 Å². The van der Waals surface area contributed by atoms with E-state index in [0.29, 0.717) is 11.5 Å². The highest BCUT2D eigenvalue weighted by Gasteiger charge is 2.43. The maximum absolute atomic E-state index is 11.9. The Bertz CT molecular complexity index is 350. The van der Waals surface area contributed by atoms with Crippen LogP contribution in [0.3, 0.4) is 0 Å². The van der Waals surface area contributed by atoms with Gasteiger partial charge in [-0.25, -0.2) is 0 Å². The molecule has 1 aliphatic carbocycles. The predicted molar refractivity (Wildman–Crippen MR) is 80.4 cm³/mol. The molecule has 0 amide bonds. The lowest BCUT2D eigenvalue weighted by Crippen LogP contribution is -2.57. The topological polar surface area (TPSA) is 55.6 Å². The lowest BCUT2D eigenvalue weighted by molar-refractivity contribution is -0.149.